The van der Waals surface area contributed by atoms with Crippen molar-refractivity contribution in [2.45, 2.75) is 18.5 Å². The van der Waals surface area contributed by atoms with Crippen molar-refractivity contribution >= 4 is 54.3 Å². The summed E-state index contributed by atoms with van der Waals surface area (Å²) in [6.07, 6.45) is -3.41. The van der Waals surface area contributed by atoms with Crippen LogP contribution in [-0.4, -0.2) is 44.1 Å². The van der Waals surface area contributed by atoms with Gasteiger partial charge >= 0.3 is 6.18 Å². The molecule has 24 heavy (non-hydrogen) atoms. The molecule has 1 aliphatic rings. The summed E-state index contributed by atoms with van der Waals surface area (Å²) in [5, 5.41) is 0.536. The number of likely N-dealkylation sites (tertiary alicyclic amines) is 1. The Labute approximate surface area is 160 Å². The van der Waals surface area contributed by atoms with Crippen molar-refractivity contribution in [2.75, 3.05) is 26.7 Å². The normalized spacial score (nSPS) is 15.1. The Bertz CT molecular complexity index is 578. The molecule has 0 aliphatic carbocycles. The van der Waals surface area contributed by atoms with Crippen molar-refractivity contribution in [1.82, 2.24) is 4.90 Å². The fraction of sp³-hybridized carbons (Fsp3) is 0.500. The number of aldehydes is 1. The number of halogens is 7. The first-order valence-electron chi connectivity index (χ1n) is 6.54. The van der Waals surface area contributed by atoms with E-state index in [1.165, 1.54) is 12.0 Å². The molecule has 1 aliphatic heterocycles. The van der Waals surface area contributed by atoms with Gasteiger partial charge in [-0.05, 0) is 6.07 Å². The second kappa shape index (κ2) is 9.34. The van der Waals surface area contributed by atoms with E-state index in [0.29, 0.717) is 23.2 Å². The van der Waals surface area contributed by atoms with Crippen LogP contribution in [0, 0.1) is 0 Å². The highest BCUT2D eigenvalue weighted by molar-refractivity contribution is 6.42. The van der Waals surface area contributed by atoms with Gasteiger partial charge in [-0.1, -0.05) is 23.2 Å². The molecule has 2 rings (SSSR count). The van der Waals surface area contributed by atoms with E-state index in [2.05, 4.69) is 0 Å². The number of rotatable bonds is 5. The lowest BCUT2D eigenvalue weighted by molar-refractivity contribution is -0.154. The average molecular weight is 429 g/mol. The summed E-state index contributed by atoms with van der Waals surface area (Å²) < 4.78 is 42.4. The quantitative estimate of drug-likeness (QED) is 0.644. The van der Waals surface area contributed by atoms with Crippen LogP contribution in [0.15, 0.2) is 6.07 Å². The van der Waals surface area contributed by atoms with Crippen LogP contribution in [0.3, 0.4) is 0 Å². The molecule has 1 aromatic rings. The number of ether oxygens (including phenoxy) is 1. The molecule has 0 atom stereocenters. The maximum absolute atomic E-state index is 12.4. The minimum absolute atomic E-state index is 0. The zero-order valence-corrected chi connectivity index (χ0v) is 15.7. The maximum atomic E-state index is 12.4. The molecule has 0 bridgehead atoms. The van der Waals surface area contributed by atoms with Crippen LogP contribution in [-0.2, 0) is 11.2 Å². The summed E-state index contributed by atoms with van der Waals surface area (Å²) in [4.78, 5) is 12.0. The van der Waals surface area contributed by atoms with Crippen LogP contribution in [0.1, 0.15) is 17.0 Å². The van der Waals surface area contributed by atoms with Gasteiger partial charge in [-0.25, -0.2) is 0 Å². The first-order valence-corrected chi connectivity index (χ1v) is 7.30. The van der Waals surface area contributed by atoms with Crippen molar-refractivity contribution in [3.8, 4) is 5.75 Å². The Morgan fingerprint density at radius 2 is 1.92 bits per heavy atom. The molecule has 0 aromatic heterocycles. The van der Waals surface area contributed by atoms with E-state index in [0.717, 1.165) is 0 Å². The topological polar surface area (TPSA) is 29.5 Å². The van der Waals surface area contributed by atoms with E-state index in [-0.39, 0.29) is 60.3 Å². The van der Waals surface area contributed by atoms with E-state index < -0.39 is 12.7 Å². The molecule has 1 saturated heterocycles. The average Bonchev–Trinajstić information content (AvgIpc) is 2.37. The summed E-state index contributed by atoms with van der Waals surface area (Å²) >= 11 is 12.3. The van der Waals surface area contributed by atoms with E-state index in [4.69, 9.17) is 27.9 Å². The summed E-state index contributed by atoms with van der Waals surface area (Å²) in [7, 11) is 1.43. The Balaban J connectivity index is 0.00000264. The fourth-order valence-electron chi connectivity index (χ4n) is 2.67. The highest BCUT2D eigenvalue weighted by Gasteiger charge is 2.39. The van der Waals surface area contributed by atoms with Gasteiger partial charge in [0.2, 0.25) is 0 Å². The first kappa shape index (κ1) is 23.6. The van der Waals surface area contributed by atoms with Crippen molar-refractivity contribution in [2.24, 2.45) is 0 Å². The van der Waals surface area contributed by atoms with Crippen LogP contribution in [0.25, 0.3) is 0 Å². The van der Waals surface area contributed by atoms with Crippen LogP contribution >= 0.6 is 48.0 Å². The summed E-state index contributed by atoms with van der Waals surface area (Å²) in [6.45, 7) is -0.516. The van der Waals surface area contributed by atoms with Crippen molar-refractivity contribution in [1.29, 1.82) is 0 Å². The number of alkyl halides is 3. The van der Waals surface area contributed by atoms with Crippen LogP contribution < -0.4 is 4.74 Å². The molecule has 0 saturated carbocycles. The van der Waals surface area contributed by atoms with Crippen molar-refractivity contribution in [3.63, 3.8) is 0 Å². The van der Waals surface area contributed by atoms with E-state index in [1.807, 2.05) is 0 Å². The van der Waals surface area contributed by atoms with Crippen molar-refractivity contribution < 1.29 is 22.7 Å². The lowest BCUT2D eigenvalue weighted by Gasteiger charge is -2.40. The SMILES string of the molecule is COc1c(CC=O)cc(Cl)c(Cl)c1C1CN(CC(F)(F)F)C1.Cl.Cl. The number of methoxy groups -OCH3 is 1. The van der Waals surface area contributed by atoms with Gasteiger partial charge in [-0.3, -0.25) is 4.90 Å². The van der Waals surface area contributed by atoms with E-state index in [9.17, 15) is 18.0 Å². The number of hydrogen-bond donors (Lipinski definition) is 0. The molecule has 0 spiro atoms. The molecule has 1 fully saturated rings. The molecule has 138 valence electrons. The Morgan fingerprint density at radius 1 is 1.33 bits per heavy atom. The van der Waals surface area contributed by atoms with Crippen LogP contribution in [0.2, 0.25) is 10.0 Å². The monoisotopic (exact) mass is 427 g/mol. The number of hydrogen-bond acceptors (Lipinski definition) is 3. The summed E-state index contributed by atoms with van der Waals surface area (Å²) in [6, 6.07) is 1.55. The molecule has 3 nitrogen and oxygen atoms in total. The molecule has 0 radical (unpaired) electrons. The predicted octanol–water partition coefficient (Wildman–Crippen LogP) is 4.55. The third kappa shape index (κ3) is 5.30. The molecular formula is C14H16Cl4F3NO2. The molecule has 10 heteroatoms. The Kier molecular flexibility index (Phi) is 9.18. The maximum Gasteiger partial charge on any atom is 0.401 e. The molecule has 1 heterocycles. The third-order valence-corrected chi connectivity index (χ3v) is 4.36. The van der Waals surface area contributed by atoms with Gasteiger partial charge < -0.3 is 9.53 Å². The molecule has 0 unspecified atom stereocenters. The minimum Gasteiger partial charge on any atom is -0.496 e. The lowest BCUT2D eigenvalue weighted by atomic mass is 9.88. The van der Waals surface area contributed by atoms with E-state index >= 15 is 0 Å². The van der Waals surface area contributed by atoms with Gasteiger partial charge in [0.1, 0.15) is 12.0 Å². The number of nitrogens with zero attached hydrogens (tertiary/aromatic N) is 1. The standard InChI is InChI=1S/C14H14Cl2F3NO2.2ClH/c1-22-13-8(2-3-21)4-10(15)12(16)11(13)9-5-20(6-9)7-14(17,18)19;;/h3-4,9H,2,5-7H2,1H3;2*1H. The number of benzene rings is 1. The van der Waals surface area contributed by atoms with E-state index in [1.54, 1.807) is 6.07 Å². The highest BCUT2D eigenvalue weighted by Crippen LogP contribution is 2.44. The first-order chi connectivity index (χ1) is 10.3. The second-order valence-corrected chi connectivity index (χ2v) is 5.94. The Hall–Kier alpha value is -0.400. The molecule has 0 N–H and O–H groups in total. The second-order valence-electron chi connectivity index (χ2n) is 5.16. The zero-order valence-electron chi connectivity index (χ0n) is 12.5. The van der Waals surface area contributed by atoms with Gasteiger partial charge in [0.15, 0.2) is 0 Å². The van der Waals surface area contributed by atoms with Crippen LogP contribution in [0.4, 0.5) is 13.2 Å². The minimum atomic E-state index is -4.23. The smallest absolute Gasteiger partial charge is 0.401 e. The highest BCUT2D eigenvalue weighted by atomic mass is 35.5. The van der Waals surface area contributed by atoms with Crippen LogP contribution in [0.5, 0.6) is 5.75 Å². The molecule has 0 amide bonds. The lowest BCUT2D eigenvalue weighted by Crippen LogP contribution is -2.49. The van der Waals surface area contributed by atoms with Gasteiger partial charge in [0, 0.05) is 36.6 Å². The number of carbonyl (C=O) groups is 1. The Morgan fingerprint density at radius 3 is 2.38 bits per heavy atom. The van der Waals surface area contributed by atoms with Gasteiger partial charge in [0.25, 0.3) is 0 Å². The fourth-order valence-corrected chi connectivity index (χ4v) is 3.19. The van der Waals surface area contributed by atoms with Gasteiger partial charge in [-0.2, -0.15) is 13.2 Å². The van der Waals surface area contributed by atoms with Gasteiger partial charge in [0.05, 0.1) is 23.7 Å². The summed E-state index contributed by atoms with van der Waals surface area (Å²) in [5.74, 6) is 0.229. The van der Waals surface area contributed by atoms with Crippen molar-refractivity contribution in [3.05, 3.63) is 27.2 Å². The number of carbonyl (C=O) groups excluding carboxylic acids is 1. The summed E-state index contributed by atoms with van der Waals surface area (Å²) in [5.41, 5.74) is 1.16. The predicted molar refractivity (Wildman–Crippen MR) is 92.5 cm³/mol. The van der Waals surface area contributed by atoms with Gasteiger partial charge in [-0.15, -0.1) is 24.8 Å². The third-order valence-electron chi connectivity index (χ3n) is 3.56. The molecular weight excluding hydrogens is 413 g/mol. The zero-order chi connectivity index (χ0) is 16.5. The molecule has 1 aromatic carbocycles. The largest absolute Gasteiger partial charge is 0.496 e.